The molecule has 3 aromatic rings. The number of aryl methyl sites for hydroxylation is 1. The summed E-state index contributed by atoms with van der Waals surface area (Å²) in [4.78, 5) is 4.03. The van der Waals surface area contributed by atoms with E-state index in [-0.39, 0.29) is 5.82 Å². The molecule has 2 aromatic carbocycles. The van der Waals surface area contributed by atoms with E-state index >= 15 is 0 Å². The number of halogens is 1. The van der Waals surface area contributed by atoms with Gasteiger partial charge in [0.05, 0.1) is 13.4 Å². The quantitative estimate of drug-likeness (QED) is 0.553. The second kappa shape index (κ2) is 9.73. The number of nitrogens with zero attached hydrogens (tertiary/aromatic N) is 2. The highest BCUT2D eigenvalue weighted by Gasteiger charge is 2.06. The van der Waals surface area contributed by atoms with Crippen molar-refractivity contribution in [2.45, 2.75) is 26.1 Å². The number of hydrogen-bond donors (Lipinski definition) is 1. The van der Waals surface area contributed by atoms with Crippen LogP contribution in [0.3, 0.4) is 0 Å². The van der Waals surface area contributed by atoms with E-state index in [1.165, 1.54) is 12.1 Å². The lowest BCUT2D eigenvalue weighted by atomic mass is 10.2. The summed E-state index contributed by atoms with van der Waals surface area (Å²) in [7, 11) is 1.63. The maximum atomic E-state index is 13.0. The van der Waals surface area contributed by atoms with Gasteiger partial charge in [0.25, 0.3) is 0 Å². The van der Waals surface area contributed by atoms with Gasteiger partial charge in [0.15, 0.2) is 11.5 Å². The van der Waals surface area contributed by atoms with Crippen LogP contribution in [0.25, 0.3) is 0 Å². The molecule has 0 aliphatic rings. The van der Waals surface area contributed by atoms with Crippen LogP contribution in [0.4, 0.5) is 4.39 Å². The number of hydrogen-bond acceptors (Lipinski definition) is 4. The Labute approximate surface area is 158 Å². The van der Waals surface area contributed by atoms with E-state index in [2.05, 4.69) is 14.9 Å². The summed E-state index contributed by atoms with van der Waals surface area (Å²) >= 11 is 0. The Morgan fingerprint density at radius 2 is 1.89 bits per heavy atom. The third-order valence-electron chi connectivity index (χ3n) is 4.19. The first-order valence-corrected chi connectivity index (χ1v) is 8.95. The molecule has 0 fully saturated rings. The summed E-state index contributed by atoms with van der Waals surface area (Å²) in [5, 5.41) is 3.43. The molecule has 1 N–H and O–H groups in total. The predicted molar refractivity (Wildman–Crippen MR) is 102 cm³/mol. The summed E-state index contributed by atoms with van der Waals surface area (Å²) in [6, 6.07) is 12.2. The smallest absolute Gasteiger partial charge is 0.161 e. The Balaban J connectivity index is 1.47. The molecule has 142 valence electrons. The van der Waals surface area contributed by atoms with Gasteiger partial charge in [0, 0.05) is 25.5 Å². The lowest BCUT2D eigenvalue weighted by Crippen LogP contribution is -2.16. The van der Waals surface area contributed by atoms with Crippen LogP contribution in [0.15, 0.2) is 61.2 Å². The maximum absolute atomic E-state index is 13.0. The first kappa shape index (κ1) is 18.9. The molecule has 27 heavy (non-hydrogen) atoms. The summed E-state index contributed by atoms with van der Waals surface area (Å²) in [6.07, 6.45) is 6.62. The third kappa shape index (κ3) is 5.82. The van der Waals surface area contributed by atoms with Gasteiger partial charge in [-0.25, -0.2) is 9.37 Å². The lowest BCUT2D eigenvalue weighted by Gasteiger charge is -2.13. The minimum absolute atomic E-state index is 0.252. The average molecular weight is 369 g/mol. The molecule has 0 unspecified atom stereocenters. The molecule has 0 amide bonds. The van der Waals surface area contributed by atoms with Crippen LogP contribution in [-0.4, -0.2) is 23.2 Å². The molecule has 0 aliphatic heterocycles. The largest absolute Gasteiger partial charge is 0.493 e. The van der Waals surface area contributed by atoms with Crippen molar-refractivity contribution in [1.82, 2.24) is 14.9 Å². The lowest BCUT2D eigenvalue weighted by molar-refractivity contribution is 0.284. The zero-order valence-electron chi connectivity index (χ0n) is 15.4. The van der Waals surface area contributed by atoms with Crippen molar-refractivity contribution in [2.75, 3.05) is 13.7 Å². The molecule has 5 nitrogen and oxygen atoms in total. The predicted octanol–water partition coefficient (Wildman–Crippen LogP) is 3.79. The van der Waals surface area contributed by atoms with Crippen molar-refractivity contribution in [2.24, 2.45) is 0 Å². The molecule has 1 aromatic heterocycles. The summed E-state index contributed by atoms with van der Waals surface area (Å²) < 4.78 is 26.3. The highest BCUT2D eigenvalue weighted by Crippen LogP contribution is 2.28. The Morgan fingerprint density at radius 1 is 1.07 bits per heavy atom. The van der Waals surface area contributed by atoms with Gasteiger partial charge in [0.2, 0.25) is 0 Å². The molecule has 0 spiro atoms. The molecule has 0 radical (unpaired) electrons. The van der Waals surface area contributed by atoms with Crippen LogP contribution < -0.4 is 14.8 Å². The van der Waals surface area contributed by atoms with Crippen molar-refractivity contribution < 1.29 is 13.9 Å². The van der Waals surface area contributed by atoms with Gasteiger partial charge in [-0.1, -0.05) is 18.2 Å². The Hall–Kier alpha value is -2.86. The fourth-order valence-corrected chi connectivity index (χ4v) is 2.72. The summed E-state index contributed by atoms with van der Waals surface area (Å²) in [5.74, 6) is 1.11. The van der Waals surface area contributed by atoms with Crippen molar-refractivity contribution in [3.63, 3.8) is 0 Å². The van der Waals surface area contributed by atoms with Gasteiger partial charge in [-0.3, -0.25) is 0 Å². The number of ether oxygens (including phenoxy) is 2. The first-order chi connectivity index (χ1) is 13.2. The van der Waals surface area contributed by atoms with E-state index in [1.54, 1.807) is 25.4 Å². The van der Waals surface area contributed by atoms with Gasteiger partial charge < -0.3 is 19.4 Å². The number of imidazole rings is 1. The number of methoxy groups -OCH3 is 1. The van der Waals surface area contributed by atoms with Gasteiger partial charge >= 0.3 is 0 Å². The SMILES string of the molecule is COc1cc(CNCCCn2ccnc2)ccc1OCc1ccc(F)cc1. The van der Waals surface area contributed by atoms with E-state index in [1.807, 2.05) is 30.7 Å². The van der Waals surface area contributed by atoms with Crippen molar-refractivity contribution in [1.29, 1.82) is 0 Å². The minimum atomic E-state index is -0.252. The third-order valence-corrected chi connectivity index (χ3v) is 4.19. The standard InChI is InChI=1S/C21H24FN3O2/c1-26-21-13-18(14-23-9-2-11-25-12-10-24-16-25)5-8-20(21)27-15-17-3-6-19(22)7-4-17/h3-8,10,12-13,16,23H,2,9,11,14-15H2,1H3. The van der Waals surface area contributed by atoms with E-state index in [4.69, 9.17) is 9.47 Å². The van der Waals surface area contributed by atoms with Crippen LogP contribution in [0.5, 0.6) is 11.5 Å². The number of aromatic nitrogens is 2. The van der Waals surface area contributed by atoms with Gasteiger partial charge in [-0.15, -0.1) is 0 Å². The number of rotatable bonds is 10. The van der Waals surface area contributed by atoms with Crippen molar-refractivity contribution >= 4 is 0 Å². The van der Waals surface area contributed by atoms with E-state index in [0.29, 0.717) is 18.1 Å². The van der Waals surface area contributed by atoms with E-state index in [0.717, 1.165) is 37.2 Å². The normalized spacial score (nSPS) is 10.7. The number of nitrogens with one attached hydrogen (secondary N) is 1. The molecule has 0 bridgehead atoms. The highest BCUT2D eigenvalue weighted by atomic mass is 19.1. The average Bonchev–Trinajstić information content (AvgIpc) is 3.21. The van der Waals surface area contributed by atoms with Crippen molar-refractivity contribution in [3.05, 3.63) is 78.1 Å². The Kier molecular flexibility index (Phi) is 6.82. The Morgan fingerprint density at radius 3 is 2.63 bits per heavy atom. The highest BCUT2D eigenvalue weighted by molar-refractivity contribution is 5.43. The maximum Gasteiger partial charge on any atom is 0.161 e. The summed E-state index contributed by atoms with van der Waals surface area (Å²) in [5.41, 5.74) is 2.03. The van der Waals surface area contributed by atoms with Crippen LogP contribution in [0.1, 0.15) is 17.5 Å². The van der Waals surface area contributed by atoms with Crippen LogP contribution in [0, 0.1) is 5.82 Å². The minimum Gasteiger partial charge on any atom is -0.493 e. The van der Waals surface area contributed by atoms with Gasteiger partial charge in [0.1, 0.15) is 12.4 Å². The molecular weight excluding hydrogens is 345 g/mol. The Bertz CT molecular complexity index is 820. The molecular formula is C21H24FN3O2. The van der Waals surface area contributed by atoms with Crippen LogP contribution >= 0.6 is 0 Å². The number of benzene rings is 2. The van der Waals surface area contributed by atoms with Crippen LogP contribution in [0.2, 0.25) is 0 Å². The summed E-state index contributed by atoms with van der Waals surface area (Å²) in [6.45, 7) is 3.00. The zero-order valence-corrected chi connectivity index (χ0v) is 15.4. The molecule has 0 atom stereocenters. The molecule has 0 saturated carbocycles. The van der Waals surface area contributed by atoms with E-state index < -0.39 is 0 Å². The van der Waals surface area contributed by atoms with Crippen LogP contribution in [-0.2, 0) is 19.7 Å². The first-order valence-electron chi connectivity index (χ1n) is 8.95. The fourth-order valence-electron chi connectivity index (χ4n) is 2.72. The topological polar surface area (TPSA) is 48.3 Å². The molecule has 0 aliphatic carbocycles. The second-order valence-electron chi connectivity index (χ2n) is 6.23. The van der Waals surface area contributed by atoms with Crippen molar-refractivity contribution in [3.8, 4) is 11.5 Å². The van der Waals surface area contributed by atoms with Gasteiger partial charge in [-0.05, 0) is 48.4 Å². The van der Waals surface area contributed by atoms with E-state index in [9.17, 15) is 4.39 Å². The molecule has 0 saturated heterocycles. The molecule has 3 rings (SSSR count). The second-order valence-corrected chi connectivity index (χ2v) is 6.23. The fraction of sp³-hybridized carbons (Fsp3) is 0.286. The zero-order chi connectivity index (χ0) is 18.9. The molecule has 1 heterocycles. The van der Waals surface area contributed by atoms with Gasteiger partial charge in [-0.2, -0.15) is 0 Å². The monoisotopic (exact) mass is 369 g/mol. The molecule has 6 heteroatoms.